The van der Waals surface area contributed by atoms with Gasteiger partial charge in [-0.1, -0.05) is 158 Å². The summed E-state index contributed by atoms with van der Waals surface area (Å²) in [5.41, 5.74) is 19.4. The molecule has 0 aromatic heterocycles. The Balaban J connectivity index is 1.13. The van der Waals surface area contributed by atoms with Gasteiger partial charge in [-0.25, -0.2) is 0 Å². The number of anilines is 6. The zero-order valence-corrected chi connectivity index (χ0v) is 36.3. The lowest BCUT2D eigenvalue weighted by atomic mass is 9.68. The molecule has 65 heavy (non-hydrogen) atoms. The number of hydrogen-bond acceptors (Lipinski definition) is 2. The van der Waals surface area contributed by atoms with Crippen molar-refractivity contribution in [2.24, 2.45) is 0 Å². The third-order valence-electron chi connectivity index (χ3n) is 14.0. The van der Waals surface area contributed by atoms with Crippen molar-refractivity contribution in [1.29, 1.82) is 0 Å². The van der Waals surface area contributed by atoms with Crippen LogP contribution in [-0.2, 0) is 5.41 Å². The summed E-state index contributed by atoms with van der Waals surface area (Å²) in [6, 6.07) is 85.9. The second-order valence-electron chi connectivity index (χ2n) is 17.8. The van der Waals surface area contributed by atoms with Crippen LogP contribution in [0.4, 0.5) is 34.1 Å². The summed E-state index contributed by atoms with van der Waals surface area (Å²) in [6.07, 6.45) is 0. The molecule has 11 aromatic carbocycles. The van der Waals surface area contributed by atoms with Crippen molar-refractivity contribution in [3.8, 4) is 22.3 Å². The van der Waals surface area contributed by atoms with Gasteiger partial charge in [0.25, 0.3) is 0 Å². The molecule has 2 nitrogen and oxygen atoms in total. The Morgan fingerprint density at radius 1 is 0.292 bits per heavy atom. The molecule has 11 aromatic rings. The number of para-hydroxylation sites is 2. The molecule has 0 radical (unpaired) electrons. The van der Waals surface area contributed by atoms with E-state index < -0.39 is 5.41 Å². The molecule has 13 rings (SSSR count). The minimum atomic E-state index is -0.575. The van der Waals surface area contributed by atoms with Gasteiger partial charge in [0, 0.05) is 34.1 Å². The molecule has 2 heteroatoms. The first-order valence-electron chi connectivity index (χ1n) is 22.7. The van der Waals surface area contributed by atoms with E-state index in [9.17, 15) is 0 Å². The minimum absolute atomic E-state index is 0.575. The maximum atomic E-state index is 2.45. The quantitative estimate of drug-likeness (QED) is 0.154. The van der Waals surface area contributed by atoms with E-state index >= 15 is 0 Å². The molecule has 2 aliphatic carbocycles. The highest BCUT2D eigenvalue weighted by molar-refractivity contribution is 6.22. The normalized spacial score (nSPS) is 12.9. The lowest BCUT2D eigenvalue weighted by molar-refractivity contribution is 0.809. The van der Waals surface area contributed by atoms with Crippen molar-refractivity contribution in [3.05, 3.63) is 264 Å². The number of benzene rings is 11. The highest BCUT2D eigenvalue weighted by atomic mass is 15.1. The molecule has 1 spiro atoms. The summed E-state index contributed by atoms with van der Waals surface area (Å²) in [6.45, 7) is 4.34. The first-order chi connectivity index (χ1) is 32.1. The van der Waals surface area contributed by atoms with Crippen LogP contribution in [-0.4, -0.2) is 0 Å². The topological polar surface area (TPSA) is 6.48 Å². The van der Waals surface area contributed by atoms with Gasteiger partial charge in [-0.15, -0.1) is 0 Å². The van der Waals surface area contributed by atoms with Crippen molar-refractivity contribution < 1.29 is 0 Å². The fraction of sp³-hybridized carbons (Fsp3) is 0.0476. The monoisotopic (exact) mass is 828 g/mol. The zero-order chi connectivity index (χ0) is 43.2. The predicted molar refractivity (Wildman–Crippen MR) is 274 cm³/mol. The van der Waals surface area contributed by atoms with Crippen molar-refractivity contribution in [2.45, 2.75) is 19.3 Å². The van der Waals surface area contributed by atoms with Gasteiger partial charge in [0.2, 0.25) is 0 Å². The van der Waals surface area contributed by atoms with E-state index in [1.165, 1.54) is 88.0 Å². The predicted octanol–water partition coefficient (Wildman–Crippen LogP) is 17.0. The average molecular weight is 829 g/mol. The first kappa shape index (κ1) is 37.4. The first-order valence-corrected chi connectivity index (χ1v) is 22.7. The van der Waals surface area contributed by atoms with Crippen molar-refractivity contribution in [3.63, 3.8) is 0 Å². The molecular formula is C63H44N2. The highest BCUT2D eigenvalue weighted by Crippen LogP contribution is 2.67. The number of hydrogen-bond donors (Lipinski definition) is 0. The second kappa shape index (κ2) is 14.4. The third kappa shape index (κ3) is 5.47. The summed E-state index contributed by atoms with van der Waals surface area (Å²) >= 11 is 0. The molecule has 0 atom stereocenters. The molecule has 0 aliphatic heterocycles. The van der Waals surface area contributed by atoms with Crippen LogP contribution >= 0.6 is 0 Å². The van der Waals surface area contributed by atoms with Crippen molar-refractivity contribution in [2.75, 3.05) is 9.80 Å². The molecule has 2 aliphatic rings. The van der Waals surface area contributed by atoms with E-state index in [1.54, 1.807) is 0 Å². The lowest BCUT2D eigenvalue weighted by Crippen LogP contribution is -2.26. The van der Waals surface area contributed by atoms with E-state index in [4.69, 9.17) is 0 Å². The van der Waals surface area contributed by atoms with Gasteiger partial charge < -0.3 is 9.80 Å². The lowest BCUT2D eigenvalue weighted by Gasteiger charge is -2.33. The van der Waals surface area contributed by atoms with Crippen molar-refractivity contribution in [1.82, 2.24) is 0 Å². The van der Waals surface area contributed by atoms with Gasteiger partial charge >= 0.3 is 0 Å². The Bertz CT molecular complexity index is 3650. The van der Waals surface area contributed by atoms with Crippen LogP contribution in [0, 0.1) is 13.8 Å². The van der Waals surface area contributed by atoms with Crippen LogP contribution in [0.3, 0.4) is 0 Å². The second-order valence-corrected chi connectivity index (χ2v) is 17.8. The van der Waals surface area contributed by atoms with Crippen LogP contribution in [0.5, 0.6) is 0 Å². The van der Waals surface area contributed by atoms with E-state index in [1.807, 2.05) is 0 Å². The van der Waals surface area contributed by atoms with E-state index in [0.717, 1.165) is 34.1 Å². The molecular weight excluding hydrogens is 785 g/mol. The van der Waals surface area contributed by atoms with Crippen LogP contribution in [0.2, 0.25) is 0 Å². The van der Waals surface area contributed by atoms with Gasteiger partial charge in [-0.3, -0.25) is 0 Å². The molecule has 0 bridgehead atoms. The summed E-state index contributed by atoms with van der Waals surface area (Å²) in [5.74, 6) is 0. The van der Waals surface area contributed by atoms with Gasteiger partial charge in [-0.2, -0.15) is 0 Å². The smallest absolute Gasteiger partial charge is 0.0737 e. The molecule has 0 saturated carbocycles. The SMILES string of the molecule is Cc1cccc(N(c2ccccc2)c2ccc3c4c(ccc3c2)-c2c(c3ccc(N(c5ccccc5)c5cccc(C)c5)cc3c3ccccc23)C42c3ccccc3-c3ccccc32)c1. The Labute approximate surface area is 379 Å². The Morgan fingerprint density at radius 3 is 1.38 bits per heavy atom. The minimum Gasteiger partial charge on any atom is -0.310 e. The maximum absolute atomic E-state index is 2.45. The van der Waals surface area contributed by atoms with E-state index in [-0.39, 0.29) is 0 Å². The van der Waals surface area contributed by atoms with Crippen LogP contribution in [0.1, 0.15) is 33.4 Å². The Morgan fingerprint density at radius 2 is 0.785 bits per heavy atom. The van der Waals surface area contributed by atoms with E-state index in [2.05, 4.69) is 254 Å². The van der Waals surface area contributed by atoms with Gasteiger partial charge in [-0.05, 0) is 175 Å². The molecule has 0 heterocycles. The fourth-order valence-electron chi connectivity index (χ4n) is 11.5. The van der Waals surface area contributed by atoms with E-state index in [0.29, 0.717) is 0 Å². The Kier molecular flexibility index (Phi) is 8.29. The molecule has 0 saturated heterocycles. The highest BCUT2D eigenvalue weighted by Gasteiger charge is 2.53. The molecule has 0 unspecified atom stereocenters. The summed E-state index contributed by atoms with van der Waals surface area (Å²) < 4.78 is 0. The molecule has 0 amide bonds. The van der Waals surface area contributed by atoms with Gasteiger partial charge in [0.1, 0.15) is 0 Å². The summed E-state index contributed by atoms with van der Waals surface area (Å²) in [4.78, 5) is 4.79. The number of fused-ring (bicyclic) bond motifs is 17. The number of nitrogens with zero attached hydrogens (tertiary/aromatic N) is 2. The molecule has 0 fully saturated rings. The summed E-state index contributed by atoms with van der Waals surface area (Å²) in [5, 5.41) is 7.56. The standard InChI is InChI=1S/C63H44N2/c1-41-17-15-23-46(37-41)64(44-19-5-3-6-20-44)48-32-35-50-43(39-48)31-34-56-60-54-28-10-9-25-51(54)57-40-49(65(45-21-7-4-8-22-45)47-24-16-18-42(2)38-47)33-36-55(57)62(60)63(61(50)56)58-29-13-11-26-52(58)53-27-12-14-30-59(53)63/h3-40H,1-2H3. The zero-order valence-electron chi connectivity index (χ0n) is 36.3. The van der Waals surface area contributed by atoms with Crippen LogP contribution in [0.15, 0.2) is 231 Å². The van der Waals surface area contributed by atoms with Crippen molar-refractivity contribution >= 4 is 66.4 Å². The largest absolute Gasteiger partial charge is 0.310 e. The molecule has 0 N–H and O–H groups in total. The number of rotatable bonds is 6. The summed E-state index contributed by atoms with van der Waals surface area (Å²) in [7, 11) is 0. The number of aryl methyl sites for hydroxylation is 2. The Hall–Kier alpha value is -8.20. The van der Waals surface area contributed by atoms with Gasteiger partial charge in [0.05, 0.1) is 5.41 Å². The van der Waals surface area contributed by atoms with Crippen LogP contribution < -0.4 is 9.80 Å². The van der Waals surface area contributed by atoms with Crippen LogP contribution in [0.25, 0.3) is 54.6 Å². The molecule has 306 valence electrons. The maximum Gasteiger partial charge on any atom is 0.0737 e. The third-order valence-corrected chi connectivity index (χ3v) is 14.0. The fourth-order valence-corrected chi connectivity index (χ4v) is 11.5. The average Bonchev–Trinajstić information content (AvgIpc) is 3.83. The van der Waals surface area contributed by atoms with Gasteiger partial charge in [0.15, 0.2) is 0 Å².